The molecular weight excluding hydrogens is 326 g/mol. The number of pyridine rings is 1. The van der Waals surface area contributed by atoms with Gasteiger partial charge >= 0.3 is 0 Å². The highest BCUT2D eigenvalue weighted by Crippen LogP contribution is 2.33. The summed E-state index contributed by atoms with van der Waals surface area (Å²) < 4.78 is 32.8. The summed E-state index contributed by atoms with van der Waals surface area (Å²) in [6.07, 6.45) is 3.23. The number of amides is 1. The van der Waals surface area contributed by atoms with Gasteiger partial charge in [-0.3, -0.25) is 9.78 Å². The van der Waals surface area contributed by atoms with Crippen LogP contribution < -0.4 is 9.64 Å². The largest absolute Gasteiger partial charge is 0.457 e. The van der Waals surface area contributed by atoms with Gasteiger partial charge < -0.3 is 9.64 Å². The minimum atomic E-state index is -0.769. The molecule has 0 aliphatic carbocycles. The van der Waals surface area contributed by atoms with Crippen molar-refractivity contribution in [1.82, 2.24) is 4.98 Å². The first kappa shape index (κ1) is 15.3. The van der Waals surface area contributed by atoms with E-state index in [0.29, 0.717) is 17.1 Å². The van der Waals surface area contributed by atoms with Gasteiger partial charge in [0.05, 0.1) is 12.2 Å². The van der Waals surface area contributed by atoms with Gasteiger partial charge in [-0.15, -0.1) is 0 Å². The molecule has 0 saturated heterocycles. The molecule has 0 bridgehead atoms. The van der Waals surface area contributed by atoms with E-state index in [1.165, 1.54) is 11.0 Å². The molecule has 1 aromatic heterocycles. The molecule has 124 valence electrons. The van der Waals surface area contributed by atoms with Gasteiger partial charge in [-0.2, -0.15) is 0 Å². The van der Waals surface area contributed by atoms with E-state index in [2.05, 4.69) is 4.98 Å². The fraction of sp³-hybridized carbons (Fsp3) is 0.0526. The quantitative estimate of drug-likeness (QED) is 0.714. The molecule has 25 heavy (non-hydrogen) atoms. The normalized spacial score (nSPS) is 13.0. The lowest BCUT2D eigenvalue weighted by Crippen LogP contribution is -2.24. The maximum absolute atomic E-state index is 14.0. The van der Waals surface area contributed by atoms with Crippen molar-refractivity contribution in [2.45, 2.75) is 6.54 Å². The summed E-state index contributed by atoms with van der Waals surface area (Å²) in [4.78, 5) is 17.7. The highest BCUT2D eigenvalue weighted by Gasteiger charge is 2.30. The van der Waals surface area contributed by atoms with Crippen LogP contribution in [0.2, 0.25) is 0 Å². The number of anilines is 1. The molecule has 3 aromatic rings. The zero-order valence-corrected chi connectivity index (χ0v) is 12.9. The summed E-state index contributed by atoms with van der Waals surface area (Å²) in [5.74, 6) is -0.580. The molecule has 0 atom stereocenters. The van der Waals surface area contributed by atoms with E-state index in [1.54, 1.807) is 42.7 Å². The molecule has 6 heteroatoms. The first-order chi connectivity index (χ1) is 12.1. The number of hydrogen-bond donors (Lipinski definition) is 0. The Balaban J connectivity index is 1.63. The van der Waals surface area contributed by atoms with Crippen LogP contribution in [0.3, 0.4) is 0 Å². The van der Waals surface area contributed by atoms with Crippen LogP contribution in [0.5, 0.6) is 11.5 Å². The van der Waals surface area contributed by atoms with Crippen molar-refractivity contribution in [1.29, 1.82) is 0 Å². The van der Waals surface area contributed by atoms with Crippen LogP contribution in [-0.4, -0.2) is 10.9 Å². The topological polar surface area (TPSA) is 42.4 Å². The molecule has 0 saturated carbocycles. The predicted octanol–water partition coefficient (Wildman–Crippen LogP) is 4.31. The maximum atomic E-state index is 14.0. The molecule has 2 heterocycles. The monoisotopic (exact) mass is 338 g/mol. The third-order valence-corrected chi connectivity index (χ3v) is 3.97. The Morgan fingerprint density at radius 2 is 1.76 bits per heavy atom. The van der Waals surface area contributed by atoms with Gasteiger partial charge in [-0.1, -0.05) is 0 Å². The fourth-order valence-electron chi connectivity index (χ4n) is 2.80. The Hall–Kier alpha value is -3.28. The standard InChI is InChI=1S/C19H12F2N2O2/c20-13-1-4-18(17(21)10-13)23-11-12-9-15(2-3-16(12)19(23)24)25-14-5-7-22-8-6-14/h1-10H,11H2. The second-order valence-corrected chi connectivity index (χ2v) is 5.59. The van der Waals surface area contributed by atoms with Crippen LogP contribution in [0.4, 0.5) is 14.5 Å². The van der Waals surface area contributed by atoms with Crippen molar-refractivity contribution in [3.05, 3.63) is 83.7 Å². The maximum Gasteiger partial charge on any atom is 0.259 e. The van der Waals surface area contributed by atoms with Crippen molar-refractivity contribution in [3.63, 3.8) is 0 Å². The number of fused-ring (bicyclic) bond motifs is 1. The predicted molar refractivity (Wildman–Crippen MR) is 87.6 cm³/mol. The number of halogens is 2. The Morgan fingerprint density at radius 1 is 0.960 bits per heavy atom. The van der Waals surface area contributed by atoms with E-state index < -0.39 is 11.6 Å². The number of aromatic nitrogens is 1. The van der Waals surface area contributed by atoms with E-state index >= 15 is 0 Å². The molecule has 4 rings (SSSR count). The minimum absolute atomic E-state index is 0.0548. The van der Waals surface area contributed by atoms with Gasteiger partial charge in [0.2, 0.25) is 0 Å². The molecule has 0 radical (unpaired) electrons. The Bertz CT molecular complexity index is 961. The van der Waals surface area contributed by atoms with Gasteiger partial charge in [0.1, 0.15) is 23.1 Å². The summed E-state index contributed by atoms with van der Waals surface area (Å²) >= 11 is 0. The van der Waals surface area contributed by atoms with Crippen LogP contribution in [0, 0.1) is 11.6 Å². The Morgan fingerprint density at radius 3 is 2.52 bits per heavy atom. The fourth-order valence-corrected chi connectivity index (χ4v) is 2.80. The van der Waals surface area contributed by atoms with E-state index in [9.17, 15) is 13.6 Å². The van der Waals surface area contributed by atoms with E-state index in [-0.39, 0.29) is 18.1 Å². The van der Waals surface area contributed by atoms with Crippen molar-refractivity contribution in [2.24, 2.45) is 0 Å². The van der Waals surface area contributed by atoms with E-state index in [4.69, 9.17) is 4.74 Å². The molecule has 1 aliphatic heterocycles. The summed E-state index contributed by atoms with van der Waals surface area (Å²) in [6, 6.07) is 11.7. The van der Waals surface area contributed by atoms with Crippen LogP contribution >= 0.6 is 0 Å². The average Bonchev–Trinajstić information content (AvgIpc) is 2.92. The molecule has 0 unspecified atom stereocenters. The number of hydrogen-bond acceptors (Lipinski definition) is 3. The summed E-state index contributed by atoms with van der Waals surface area (Å²) in [5, 5.41) is 0. The third kappa shape index (κ3) is 2.82. The third-order valence-electron chi connectivity index (χ3n) is 3.97. The summed E-state index contributed by atoms with van der Waals surface area (Å²) in [6.45, 7) is 0.199. The lowest BCUT2D eigenvalue weighted by atomic mass is 10.1. The molecule has 1 aliphatic rings. The second-order valence-electron chi connectivity index (χ2n) is 5.59. The van der Waals surface area contributed by atoms with Gasteiger partial charge in [0.15, 0.2) is 0 Å². The number of ether oxygens (including phenoxy) is 1. The lowest BCUT2D eigenvalue weighted by Gasteiger charge is -2.16. The molecular formula is C19H12F2N2O2. The van der Waals surface area contributed by atoms with Crippen LogP contribution in [0.25, 0.3) is 0 Å². The summed E-state index contributed by atoms with van der Waals surface area (Å²) in [7, 11) is 0. The first-order valence-electron chi connectivity index (χ1n) is 7.59. The first-order valence-corrected chi connectivity index (χ1v) is 7.59. The molecule has 0 fully saturated rings. The van der Waals surface area contributed by atoms with Crippen molar-refractivity contribution in [2.75, 3.05) is 4.90 Å². The number of benzene rings is 2. The SMILES string of the molecule is O=C1c2ccc(Oc3ccncc3)cc2CN1c1ccc(F)cc1F. The molecule has 1 amide bonds. The zero-order valence-electron chi connectivity index (χ0n) is 12.9. The van der Waals surface area contributed by atoms with Crippen LogP contribution in [0.1, 0.15) is 15.9 Å². The average molecular weight is 338 g/mol. The number of carbonyl (C=O) groups is 1. The smallest absolute Gasteiger partial charge is 0.259 e. The highest BCUT2D eigenvalue weighted by molar-refractivity contribution is 6.10. The van der Waals surface area contributed by atoms with Crippen LogP contribution in [0.15, 0.2) is 60.9 Å². The van der Waals surface area contributed by atoms with Crippen LogP contribution in [-0.2, 0) is 6.54 Å². The molecule has 0 spiro atoms. The molecule has 2 aromatic carbocycles. The van der Waals surface area contributed by atoms with Crippen molar-refractivity contribution >= 4 is 11.6 Å². The van der Waals surface area contributed by atoms with E-state index in [0.717, 1.165) is 17.7 Å². The van der Waals surface area contributed by atoms with Gasteiger partial charge in [0.25, 0.3) is 5.91 Å². The van der Waals surface area contributed by atoms with Gasteiger partial charge in [-0.05, 0) is 48.0 Å². The molecule has 0 N–H and O–H groups in total. The zero-order chi connectivity index (χ0) is 17.4. The Labute approximate surface area is 142 Å². The minimum Gasteiger partial charge on any atom is -0.457 e. The van der Waals surface area contributed by atoms with E-state index in [1.807, 2.05) is 0 Å². The highest BCUT2D eigenvalue weighted by atomic mass is 19.1. The number of rotatable bonds is 3. The van der Waals surface area contributed by atoms with Crippen molar-refractivity contribution in [3.8, 4) is 11.5 Å². The summed E-state index contributed by atoms with van der Waals surface area (Å²) in [5.41, 5.74) is 1.25. The second kappa shape index (κ2) is 5.98. The number of carbonyl (C=O) groups excluding carboxylic acids is 1. The molecule has 4 nitrogen and oxygen atoms in total. The lowest BCUT2D eigenvalue weighted by molar-refractivity contribution is 0.0995. The van der Waals surface area contributed by atoms with Gasteiger partial charge in [0, 0.05) is 24.0 Å². The number of nitrogens with zero attached hydrogens (tertiary/aromatic N) is 2. The Kier molecular flexibility index (Phi) is 3.65. The van der Waals surface area contributed by atoms with Crippen molar-refractivity contribution < 1.29 is 18.3 Å². The van der Waals surface area contributed by atoms with Gasteiger partial charge in [-0.25, -0.2) is 8.78 Å².